The number of hydrogen-bond donors (Lipinski definition) is 0. The average molecular weight is 657 g/mol. The highest BCUT2D eigenvalue weighted by Crippen LogP contribution is 2.43. The van der Waals surface area contributed by atoms with Crippen LogP contribution in [0.2, 0.25) is 0 Å². The molecule has 50 heavy (non-hydrogen) atoms. The van der Waals surface area contributed by atoms with Gasteiger partial charge in [0.25, 0.3) is 0 Å². The van der Waals surface area contributed by atoms with Gasteiger partial charge in [-0.25, -0.2) is 4.98 Å². The molecule has 2 aromatic heterocycles. The zero-order chi connectivity index (χ0) is 34.5. The number of nitrogens with zero attached hydrogens (tertiary/aromatic N) is 4. The van der Waals surface area contributed by atoms with Crippen LogP contribution in [0.15, 0.2) is 128 Å². The molecule has 250 valence electrons. The summed E-state index contributed by atoms with van der Waals surface area (Å²) >= 11 is 0. The van der Waals surface area contributed by atoms with Gasteiger partial charge in [0, 0.05) is 40.8 Å². The lowest BCUT2D eigenvalue weighted by atomic mass is 9.85. The Hall–Kier alpha value is -5.55. The van der Waals surface area contributed by atoms with Crippen LogP contribution in [0.25, 0.3) is 38.8 Å². The van der Waals surface area contributed by atoms with E-state index >= 15 is 0 Å². The number of fused-ring (bicyclic) bond motifs is 4. The van der Waals surface area contributed by atoms with Crippen molar-refractivity contribution in [3.05, 3.63) is 139 Å². The predicted octanol–water partition coefficient (Wildman–Crippen LogP) is 12.2. The number of hydrogen-bond acceptors (Lipinski definition) is 4. The summed E-state index contributed by atoms with van der Waals surface area (Å²) in [4.78, 5) is 9.77. The summed E-state index contributed by atoms with van der Waals surface area (Å²) in [5, 5.41) is 2.36. The van der Waals surface area contributed by atoms with Gasteiger partial charge in [0.1, 0.15) is 17.3 Å². The average Bonchev–Trinajstić information content (AvgIpc) is 3.68. The molecule has 5 nitrogen and oxygen atoms in total. The largest absolute Gasteiger partial charge is 0.457 e. The highest BCUT2D eigenvalue weighted by atomic mass is 16.5. The van der Waals surface area contributed by atoms with Crippen LogP contribution in [0.4, 0.5) is 17.1 Å². The van der Waals surface area contributed by atoms with Gasteiger partial charge in [0.05, 0.1) is 29.1 Å². The smallest absolute Gasteiger partial charge is 0.138 e. The van der Waals surface area contributed by atoms with E-state index in [0.717, 1.165) is 40.7 Å². The van der Waals surface area contributed by atoms with Crippen LogP contribution in [0, 0.1) is 0 Å². The number of ether oxygens (including phenoxy) is 1. The van der Waals surface area contributed by atoms with Gasteiger partial charge < -0.3 is 14.5 Å². The van der Waals surface area contributed by atoms with E-state index in [4.69, 9.17) is 9.72 Å². The molecule has 0 amide bonds. The molecule has 0 N–H and O–H groups in total. The highest BCUT2D eigenvalue weighted by Gasteiger charge is 2.28. The van der Waals surface area contributed by atoms with Gasteiger partial charge in [-0.2, -0.15) is 0 Å². The van der Waals surface area contributed by atoms with Gasteiger partial charge in [-0.3, -0.25) is 4.57 Å². The maximum atomic E-state index is 6.64. The van der Waals surface area contributed by atoms with Crippen molar-refractivity contribution in [2.45, 2.75) is 59.4 Å². The molecule has 0 unspecified atom stereocenters. The van der Waals surface area contributed by atoms with Crippen LogP contribution >= 0.6 is 0 Å². The molecule has 0 saturated heterocycles. The van der Waals surface area contributed by atoms with Gasteiger partial charge in [-0.05, 0) is 103 Å². The van der Waals surface area contributed by atoms with Crippen LogP contribution < -0.4 is 14.5 Å². The van der Waals surface area contributed by atoms with Crippen molar-refractivity contribution < 1.29 is 4.74 Å². The van der Waals surface area contributed by atoms with E-state index in [1.54, 1.807) is 0 Å². The van der Waals surface area contributed by atoms with Crippen LogP contribution in [-0.4, -0.2) is 22.3 Å². The Morgan fingerprint density at radius 2 is 1.28 bits per heavy atom. The first-order chi connectivity index (χ1) is 24.3. The van der Waals surface area contributed by atoms with Gasteiger partial charge >= 0.3 is 0 Å². The Morgan fingerprint density at radius 3 is 2.04 bits per heavy atom. The Kier molecular flexibility index (Phi) is 8.07. The van der Waals surface area contributed by atoms with Crippen molar-refractivity contribution in [2.24, 2.45) is 0 Å². The molecule has 0 aliphatic carbocycles. The maximum Gasteiger partial charge on any atom is 0.138 e. The van der Waals surface area contributed by atoms with E-state index in [-0.39, 0.29) is 0 Å². The molecule has 1 aliphatic rings. The van der Waals surface area contributed by atoms with E-state index in [1.807, 2.05) is 12.3 Å². The second-order valence-electron chi connectivity index (χ2n) is 14.3. The third-order valence-electron chi connectivity index (χ3n) is 10.0. The molecule has 0 bridgehead atoms. The third-order valence-corrected chi connectivity index (χ3v) is 10.0. The zero-order valence-electron chi connectivity index (χ0n) is 29.8. The quantitative estimate of drug-likeness (QED) is 0.163. The molecule has 1 aliphatic heterocycles. The number of para-hydroxylation sites is 3. The third kappa shape index (κ3) is 5.47. The van der Waals surface area contributed by atoms with Crippen LogP contribution in [0.5, 0.6) is 11.5 Å². The van der Waals surface area contributed by atoms with Crippen molar-refractivity contribution in [3.8, 4) is 28.4 Å². The van der Waals surface area contributed by atoms with E-state index < -0.39 is 0 Å². The number of benzene rings is 5. The fourth-order valence-corrected chi connectivity index (χ4v) is 7.59. The Bertz CT molecular complexity index is 2320. The van der Waals surface area contributed by atoms with E-state index in [2.05, 4.69) is 171 Å². The molecule has 5 aromatic carbocycles. The molecule has 3 heterocycles. The van der Waals surface area contributed by atoms with Crippen molar-refractivity contribution in [1.29, 1.82) is 0 Å². The fraction of sp³-hybridized carbons (Fsp3) is 0.222. The monoisotopic (exact) mass is 656 g/mol. The highest BCUT2D eigenvalue weighted by molar-refractivity contribution is 6.09. The first kappa shape index (κ1) is 31.7. The summed E-state index contributed by atoms with van der Waals surface area (Å²) in [6.07, 6.45) is 1.95. The van der Waals surface area contributed by atoms with Crippen molar-refractivity contribution in [2.75, 3.05) is 16.5 Å². The van der Waals surface area contributed by atoms with Crippen LogP contribution in [0.3, 0.4) is 0 Å². The fourth-order valence-electron chi connectivity index (χ4n) is 7.59. The lowest BCUT2D eigenvalue weighted by Gasteiger charge is -2.25. The number of aromatic nitrogens is 2. The Balaban J connectivity index is 1.20. The predicted molar refractivity (Wildman–Crippen MR) is 210 cm³/mol. The summed E-state index contributed by atoms with van der Waals surface area (Å²) in [7, 11) is 0. The topological polar surface area (TPSA) is 33.5 Å². The molecule has 0 saturated carbocycles. The minimum Gasteiger partial charge on any atom is -0.457 e. The minimum absolute atomic E-state index is 0.399. The van der Waals surface area contributed by atoms with Gasteiger partial charge in [0.2, 0.25) is 0 Å². The molecule has 7 aromatic rings. The second-order valence-corrected chi connectivity index (χ2v) is 14.3. The molecule has 0 fully saturated rings. The minimum atomic E-state index is 0.399. The van der Waals surface area contributed by atoms with E-state index in [9.17, 15) is 0 Å². The van der Waals surface area contributed by atoms with Gasteiger partial charge in [-0.1, -0.05) is 82.3 Å². The normalized spacial score (nSPS) is 13.0. The summed E-state index contributed by atoms with van der Waals surface area (Å²) in [6, 6.07) is 43.6. The van der Waals surface area contributed by atoms with Gasteiger partial charge in [-0.15, -0.1) is 0 Å². The molecule has 8 rings (SSSR count). The van der Waals surface area contributed by atoms with Crippen LogP contribution in [-0.2, 0) is 0 Å². The number of rotatable bonds is 8. The molecular formula is C45H44N4O. The number of pyridine rings is 1. The summed E-state index contributed by atoms with van der Waals surface area (Å²) in [5.41, 5.74) is 11.0. The van der Waals surface area contributed by atoms with Crippen LogP contribution in [0.1, 0.15) is 64.5 Å². The van der Waals surface area contributed by atoms with Crippen molar-refractivity contribution in [3.63, 3.8) is 0 Å². The molecule has 5 heteroatoms. The first-order valence-electron chi connectivity index (χ1n) is 17.8. The summed E-state index contributed by atoms with van der Waals surface area (Å²) in [6.45, 7) is 14.4. The SMILES string of the molecule is CC(C)c1cccc(C(C)C)c1-c1ccnc(-n2c3ccccc3c3ccc(Oc4cccc(N5CN(C(C)C)c6ccccc65)c4)cc32)c1. The molecule has 0 radical (unpaired) electrons. The molecular weight excluding hydrogens is 613 g/mol. The van der Waals surface area contributed by atoms with Crippen molar-refractivity contribution in [1.82, 2.24) is 9.55 Å². The zero-order valence-corrected chi connectivity index (χ0v) is 29.8. The van der Waals surface area contributed by atoms with E-state index in [0.29, 0.717) is 17.9 Å². The maximum absolute atomic E-state index is 6.64. The Morgan fingerprint density at radius 1 is 0.600 bits per heavy atom. The lowest BCUT2D eigenvalue weighted by molar-refractivity contribution is 0.483. The van der Waals surface area contributed by atoms with E-state index in [1.165, 1.54) is 44.4 Å². The molecule has 0 atom stereocenters. The standard InChI is InChI=1S/C45H44N4O/c1-29(2)36-16-12-17-37(30(3)4)45(36)32-23-24-46-44(25-32)49-40-18-8-7-15-38(40)39-22-21-35(27-43(39)49)50-34-14-11-13-33(26-34)48-28-47(31(5)6)41-19-9-10-20-42(41)48/h7-27,29-31H,28H2,1-6H3. The lowest BCUT2D eigenvalue weighted by Crippen LogP contribution is -2.33. The number of anilines is 3. The molecule has 0 spiro atoms. The van der Waals surface area contributed by atoms with Gasteiger partial charge in [0.15, 0.2) is 0 Å². The first-order valence-corrected chi connectivity index (χ1v) is 17.8. The summed E-state index contributed by atoms with van der Waals surface area (Å²) < 4.78 is 8.92. The second kappa shape index (κ2) is 12.7. The van der Waals surface area contributed by atoms with Crippen molar-refractivity contribution >= 4 is 38.9 Å². The summed E-state index contributed by atoms with van der Waals surface area (Å²) in [5.74, 6) is 3.29. The Labute approximate surface area is 295 Å².